The SMILES string of the molecule is COc1cc(Cl)c(C)cc1NC(=O)CSCC(=O)NCC(C)C. The van der Waals surface area contributed by atoms with E-state index >= 15 is 0 Å². The lowest BCUT2D eigenvalue weighted by Gasteiger charge is -2.12. The smallest absolute Gasteiger partial charge is 0.234 e. The second-order valence-electron chi connectivity index (χ2n) is 5.54. The van der Waals surface area contributed by atoms with Crippen LogP contribution in [0.5, 0.6) is 5.75 Å². The minimum Gasteiger partial charge on any atom is -0.495 e. The van der Waals surface area contributed by atoms with Gasteiger partial charge in [-0.1, -0.05) is 25.4 Å². The molecule has 23 heavy (non-hydrogen) atoms. The van der Waals surface area contributed by atoms with Gasteiger partial charge in [-0.3, -0.25) is 9.59 Å². The molecule has 0 aliphatic carbocycles. The zero-order chi connectivity index (χ0) is 17.4. The molecule has 1 rings (SSSR count). The topological polar surface area (TPSA) is 67.4 Å². The molecule has 0 radical (unpaired) electrons. The van der Waals surface area contributed by atoms with Gasteiger partial charge in [0.2, 0.25) is 11.8 Å². The predicted molar refractivity (Wildman–Crippen MR) is 96.5 cm³/mol. The molecule has 5 nitrogen and oxygen atoms in total. The fraction of sp³-hybridized carbons (Fsp3) is 0.500. The number of carbonyl (C=O) groups excluding carboxylic acids is 2. The summed E-state index contributed by atoms with van der Waals surface area (Å²) in [5, 5.41) is 6.17. The Bertz CT molecular complexity index is 565. The standard InChI is InChI=1S/C16H23ClN2O3S/c1-10(2)7-18-15(20)8-23-9-16(21)19-13-5-11(3)12(17)6-14(13)22-4/h5-6,10H,7-9H2,1-4H3,(H,18,20)(H,19,21). The number of methoxy groups -OCH3 is 1. The Labute approximate surface area is 146 Å². The Morgan fingerprint density at radius 2 is 1.91 bits per heavy atom. The second-order valence-corrected chi connectivity index (χ2v) is 6.93. The number of carbonyl (C=O) groups is 2. The summed E-state index contributed by atoms with van der Waals surface area (Å²) < 4.78 is 5.21. The zero-order valence-corrected chi connectivity index (χ0v) is 15.4. The third-order valence-corrected chi connectivity index (χ3v) is 4.27. The Morgan fingerprint density at radius 3 is 2.52 bits per heavy atom. The van der Waals surface area contributed by atoms with Gasteiger partial charge in [-0.2, -0.15) is 0 Å². The molecule has 0 saturated heterocycles. The van der Waals surface area contributed by atoms with Crippen molar-refractivity contribution in [1.82, 2.24) is 5.32 Å². The molecule has 2 N–H and O–H groups in total. The summed E-state index contributed by atoms with van der Waals surface area (Å²) in [5.41, 5.74) is 1.42. The van der Waals surface area contributed by atoms with E-state index in [1.165, 1.54) is 18.9 Å². The summed E-state index contributed by atoms with van der Waals surface area (Å²) in [6.45, 7) is 6.56. The summed E-state index contributed by atoms with van der Waals surface area (Å²) in [5.74, 6) is 1.13. The molecular weight excluding hydrogens is 336 g/mol. The number of rotatable bonds is 8. The Balaban J connectivity index is 2.45. The molecule has 128 valence electrons. The first-order valence-corrected chi connectivity index (χ1v) is 8.85. The highest BCUT2D eigenvalue weighted by molar-refractivity contribution is 8.00. The van der Waals surface area contributed by atoms with Gasteiger partial charge < -0.3 is 15.4 Å². The van der Waals surface area contributed by atoms with Crippen LogP contribution in [0.2, 0.25) is 5.02 Å². The molecule has 7 heteroatoms. The molecule has 2 amide bonds. The second kappa shape index (κ2) is 9.67. The lowest BCUT2D eigenvalue weighted by atomic mass is 10.2. The van der Waals surface area contributed by atoms with Crippen molar-refractivity contribution in [1.29, 1.82) is 0 Å². The number of hydrogen-bond acceptors (Lipinski definition) is 4. The minimum atomic E-state index is -0.188. The summed E-state index contributed by atoms with van der Waals surface area (Å²) in [4.78, 5) is 23.5. The Kier molecular flexibility index (Phi) is 8.26. The molecule has 0 bridgehead atoms. The van der Waals surface area contributed by atoms with Crippen molar-refractivity contribution in [2.24, 2.45) is 5.92 Å². The number of thioether (sulfide) groups is 1. The van der Waals surface area contributed by atoms with Crippen LogP contribution in [0, 0.1) is 12.8 Å². The van der Waals surface area contributed by atoms with E-state index in [2.05, 4.69) is 10.6 Å². The summed E-state index contributed by atoms with van der Waals surface area (Å²) in [7, 11) is 1.52. The van der Waals surface area contributed by atoms with Gasteiger partial charge in [0.05, 0.1) is 24.3 Å². The van der Waals surface area contributed by atoms with Gasteiger partial charge in [-0.05, 0) is 24.5 Å². The molecule has 0 aliphatic rings. The average molecular weight is 359 g/mol. The van der Waals surface area contributed by atoms with Crippen LogP contribution in [0.25, 0.3) is 0 Å². The van der Waals surface area contributed by atoms with E-state index in [4.69, 9.17) is 16.3 Å². The van der Waals surface area contributed by atoms with Gasteiger partial charge in [0.1, 0.15) is 5.75 Å². The third kappa shape index (κ3) is 7.14. The molecule has 0 heterocycles. The summed E-state index contributed by atoms with van der Waals surface area (Å²) in [6.07, 6.45) is 0. The number of hydrogen-bond donors (Lipinski definition) is 2. The largest absolute Gasteiger partial charge is 0.495 e. The van der Waals surface area contributed by atoms with E-state index in [0.29, 0.717) is 28.9 Å². The van der Waals surface area contributed by atoms with Crippen LogP contribution in [0.4, 0.5) is 5.69 Å². The summed E-state index contributed by atoms with van der Waals surface area (Å²) in [6, 6.07) is 3.43. The van der Waals surface area contributed by atoms with Gasteiger partial charge >= 0.3 is 0 Å². The van der Waals surface area contributed by atoms with Gasteiger partial charge in [-0.25, -0.2) is 0 Å². The maximum atomic E-state index is 12.0. The zero-order valence-electron chi connectivity index (χ0n) is 13.9. The van der Waals surface area contributed by atoms with Crippen molar-refractivity contribution >= 4 is 40.9 Å². The van der Waals surface area contributed by atoms with Crippen molar-refractivity contribution in [2.45, 2.75) is 20.8 Å². The molecule has 0 aliphatic heterocycles. The predicted octanol–water partition coefficient (Wildman–Crippen LogP) is 3.10. The Morgan fingerprint density at radius 1 is 1.26 bits per heavy atom. The van der Waals surface area contributed by atoms with Crippen LogP contribution in [-0.4, -0.2) is 37.0 Å². The first-order valence-electron chi connectivity index (χ1n) is 7.32. The molecule has 1 aromatic carbocycles. The quantitative estimate of drug-likeness (QED) is 0.749. The molecular formula is C16H23ClN2O3S. The molecule has 0 aromatic heterocycles. The first-order chi connectivity index (χ1) is 10.8. The van der Waals surface area contributed by atoms with Gasteiger partial charge in [0.15, 0.2) is 0 Å². The monoisotopic (exact) mass is 358 g/mol. The molecule has 0 unspecified atom stereocenters. The highest BCUT2D eigenvalue weighted by Crippen LogP contribution is 2.30. The molecule has 0 atom stereocenters. The van der Waals surface area contributed by atoms with E-state index in [9.17, 15) is 9.59 Å². The molecule has 1 aromatic rings. The van der Waals surface area contributed by atoms with E-state index in [1.807, 2.05) is 20.8 Å². The van der Waals surface area contributed by atoms with Crippen LogP contribution < -0.4 is 15.4 Å². The normalized spacial score (nSPS) is 10.5. The summed E-state index contributed by atoms with van der Waals surface area (Å²) >= 11 is 7.30. The third-order valence-electron chi connectivity index (χ3n) is 2.93. The number of nitrogens with one attached hydrogen (secondary N) is 2. The maximum Gasteiger partial charge on any atom is 0.234 e. The fourth-order valence-electron chi connectivity index (χ4n) is 1.72. The van der Waals surface area contributed by atoms with Crippen LogP contribution in [0.15, 0.2) is 12.1 Å². The Hall–Kier alpha value is -1.40. The maximum absolute atomic E-state index is 12.0. The van der Waals surface area contributed by atoms with E-state index in [-0.39, 0.29) is 23.3 Å². The number of halogens is 1. The van der Waals surface area contributed by atoms with E-state index in [0.717, 1.165) is 5.56 Å². The molecule has 0 spiro atoms. The molecule has 0 saturated carbocycles. The molecule has 0 fully saturated rings. The van der Waals surface area contributed by atoms with Crippen molar-refractivity contribution in [3.63, 3.8) is 0 Å². The van der Waals surface area contributed by atoms with Crippen LogP contribution >= 0.6 is 23.4 Å². The minimum absolute atomic E-state index is 0.0589. The van der Waals surface area contributed by atoms with Crippen molar-refractivity contribution in [2.75, 3.05) is 30.5 Å². The number of benzene rings is 1. The van der Waals surface area contributed by atoms with Crippen LogP contribution in [-0.2, 0) is 9.59 Å². The van der Waals surface area contributed by atoms with Gasteiger partial charge in [0, 0.05) is 17.6 Å². The number of anilines is 1. The lowest BCUT2D eigenvalue weighted by Crippen LogP contribution is -2.29. The van der Waals surface area contributed by atoms with Crippen LogP contribution in [0.3, 0.4) is 0 Å². The van der Waals surface area contributed by atoms with Gasteiger partial charge in [-0.15, -0.1) is 11.8 Å². The average Bonchev–Trinajstić information content (AvgIpc) is 2.48. The van der Waals surface area contributed by atoms with E-state index < -0.39 is 0 Å². The highest BCUT2D eigenvalue weighted by atomic mass is 35.5. The first kappa shape index (κ1) is 19.6. The van der Waals surface area contributed by atoms with E-state index in [1.54, 1.807) is 12.1 Å². The van der Waals surface area contributed by atoms with Crippen molar-refractivity contribution < 1.29 is 14.3 Å². The fourth-order valence-corrected chi connectivity index (χ4v) is 2.52. The lowest BCUT2D eigenvalue weighted by molar-refractivity contribution is -0.118. The van der Waals surface area contributed by atoms with Crippen LogP contribution in [0.1, 0.15) is 19.4 Å². The van der Waals surface area contributed by atoms with Gasteiger partial charge in [0.25, 0.3) is 0 Å². The van der Waals surface area contributed by atoms with Crippen molar-refractivity contribution in [3.8, 4) is 5.75 Å². The number of amides is 2. The number of aryl methyl sites for hydroxylation is 1. The number of ether oxygens (including phenoxy) is 1. The van der Waals surface area contributed by atoms with Crippen molar-refractivity contribution in [3.05, 3.63) is 22.7 Å². The highest BCUT2D eigenvalue weighted by Gasteiger charge is 2.11.